The van der Waals surface area contributed by atoms with E-state index in [1.165, 1.54) is 0 Å². The molecule has 1 aliphatic rings. The molecule has 1 aliphatic heterocycles. The summed E-state index contributed by atoms with van der Waals surface area (Å²) in [5.74, 6) is 1.96. The monoisotopic (exact) mass is 443 g/mol. The third-order valence-electron chi connectivity index (χ3n) is 6.05. The first-order chi connectivity index (χ1) is 15.9. The summed E-state index contributed by atoms with van der Waals surface area (Å²) in [5, 5.41) is 4.19. The van der Waals surface area contributed by atoms with Crippen molar-refractivity contribution in [2.24, 2.45) is 7.05 Å². The smallest absolute Gasteiger partial charge is 0.264 e. The third-order valence-corrected chi connectivity index (χ3v) is 6.05. The SMILES string of the molecule is Cc1nc(-c2cnc3n(c2=O)CCC(C)N3C)ccc1Oc1ccnc(-c2cnn(C)c2)c1. The van der Waals surface area contributed by atoms with E-state index in [-0.39, 0.29) is 5.56 Å². The van der Waals surface area contributed by atoms with E-state index in [1.54, 1.807) is 40.0 Å². The Morgan fingerprint density at radius 2 is 1.94 bits per heavy atom. The van der Waals surface area contributed by atoms with Crippen LogP contribution in [0.3, 0.4) is 0 Å². The standard InChI is InChI=1S/C24H25N7O2/c1-15-8-10-31-23(32)19(13-26-24(31)30(15)4)20-5-6-22(16(2)28-20)33-18-7-9-25-21(11-18)17-12-27-29(3)14-17/h5-7,9,11-15H,8,10H2,1-4H3. The van der Waals surface area contributed by atoms with Gasteiger partial charge in [-0.1, -0.05) is 0 Å². The van der Waals surface area contributed by atoms with Gasteiger partial charge in [0.1, 0.15) is 11.5 Å². The largest absolute Gasteiger partial charge is 0.455 e. The molecule has 0 aliphatic carbocycles. The van der Waals surface area contributed by atoms with Crippen molar-refractivity contribution in [2.75, 3.05) is 11.9 Å². The number of hydrogen-bond donors (Lipinski definition) is 0. The van der Waals surface area contributed by atoms with Crippen LogP contribution in [0.15, 0.2) is 53.8 Å². The number of rotatable bonds is 4. The van der Waals surface area contributed by atoms with Gasteiger partial charge in [-0.3, -0.25) is 19.0 Å². The zero-order valence-corrected chi connectivity index (χ0v) is 19.1. The average molecular weight is 444 g/mol. The van der Waals surface area contributed by atoms with Crippen molar-refractivity contribution in [3.8, 4) is 34.0 Å². The fraction of sp³-hybridized carbons (Fsp3) is 0.292. The third kappa shape index (κ3) is 3.86. The fourth-order valence-corrected chi connectivity index (χ4v) is 3.97. The topological polar surface area (TPSA) is 91.0 Å². The molecule has 0 saturated carbocycles. The first kappa shape index (κ1) is 20.9. The van der Waals surface area contributed by atoms with Crippen LogP contribution in [0.5, 0.6) is 11.5 Å². The van der Waals surface area contributed by atoms with Crippen molar-refractivity contribution >= 4 is 5.95 Å². The molecule has 0 radical (unpaired) electrons. The molecule has 0 fully saturated rings. The van der Waals surface area contributed by atoms with Crippen molar-refractivity contribution in [1.82, 2.24) is 29.3 Å². The maximum atomic E-state index is 13.1. The van der Waals surface area contributed by atoms with Crippen LogP contribution in [-0.2, 0) is 13.6 Å². The minimum absolute atomic E-state index is 0.0745. The Kier molecular flexibility index (Phi) is 5.16. The molecule has 0 bridgehead atoms. The zero-order valence-electron chi connectivity index (χ0n) is 19.1. The lowest BCUT2D eigenvalue weighted by molar-refractivity contribution is 0.474. The summed E-state index contributed by atoms with van der Waals surface area (Å²) >= 11 is 0. The number of anilines is 1. The number of ether oxygens (including phenoxy) is 1. The molecule has 168 valence electrons. The number of aromatic nitrogens is 6. The van der Waals surface area contributed by atoms with Gasteiger partial charge < -0.3 is 9.64 Å². The van der Waals surface area contributed by atoms with E-state index in [0.717, 1.165) is 17.7 Å². The quantitative estimate of drug-likeness (QED) is 0.477. The molecule has 5 heterocycles. The van der Waals surface area contributed by atoms with Crippen LogP contribution in [0.4, 0.5) is 5.95 Å². The van der Waals surface area contributed by atoms with Crippen LogP contribution in [0.1, 0.15) is 19.0 Å². The second kappa shape index (κ2) is 8.16. The van der Waals surface area contributed by atoms with E-state index < -0.39 is 0 Å². The van der Waals surface area contributed by atoms with Gasteiger partial charge in [-0.05, 0) is 38.5 Å². The number of hydrogen-bond acceptors (Lipinski definition) is 7. The van der Waals surface area contributed by atoms with Gasteiger partial charge in [0, 0.05) is 56.9 Å². The van der Waals surface area contributed by atoms with Crippen LogP contribution in [0.25, 0.3) is 22.5 Å². The second-order valence-electron chi connectivity index (χ2n) is 8.34. The molecular weight excluding hydrogens is 418 g/mol. The number of fused-ring (bicyclic) bond motifs is 1. The number of pyridine rings is 2. The Bertz CT molecular complexity index is 1390. The summed E-state index contributed by atoms with van der Waals surface area (Å²) in [6, 6.07) is 7.64. The summed E-state index contributed by atoms with van der Waals surface area (Å²) in [6.45, 7) is 4.65. The molecule has 4 aromatic heterocycles. The van der Waals surface area contributed by atoms with E-state index in [1.807, 2.05) is 44.2 Å². The molecule has 4 aromatic rings. The molecule has 1 unspecified atom stereocenters. The highest BCUT2D eigenvalue weighted by molar-refractivity contribution is 5.61. The molecule has 1 atom stereocenters. The van der Waals surface area contributed by atoms with Crippen molar-refractivity contribution in [1.29, 1.82) is 0 Å². The van der Waals surface area contributed by atoms with Gasteiger partial charge in [-0.25, -0.2) is 9.97 Å². The molecule has 9 nitrogen and oxygen atoms in total. The van der Waals surface area contributed by atoms with Gasteiger partial charge in [-0.2, -0.15) is 5.10 Å². The van der Waals surface area contributed by atoms with E-state index in [2.05, 4.69) is 27.0 Å². The van der Waals surface area contributed by atoms with E-state index >= 15 is 0 Å². The summed E-state index contributed by atoms with van der Waals surface area (Å²) in [6.07, 6.45) is 7.88. The summed E-state index contributed by atoms with van der Waals surface area (Å²) in [5.41, 5.74) is 3.36. The summed E-state index contributed by atoms with van der Waals surface area (Å²) in [4.78, 5) is 28.8. The molecule has 33 heavy (non-hydrogen) atoms. The molecule has 5 rings (SSSR count). The van der Waals surface area contributed by atoms with Gasteiger partial charge in [0.2, 0.25) is 5.95 Å². The Hall–Kier alpha value is -4.01. The van der Waals surface area contributed by atoms with Gasteiger partial charge in [0.05, 0.1) is 28.8 Å². The van der Waals surface area contributed by atoms with Crippen LogP contribution in [0.2, 0.25) is 0 Å². The van der Waals surface area contributed by atoms with Crippen molar-refractivity contribution < 1.29 is 4.74 Å². The Labute approximate surface area is 191 Å². The summed E-state index contributed by atoms with van der Waals surface area (Å²) < 4.78 is 9.54. The molecule has 0 amide bonds. The highest BCUT2D eigenvalue weighted by atomic mass is 16.5. The maximum absolute atomic E-state index is 13.1. The molecular formula is C24H25N7O2. The maximum Gasteiger partial charge on any atom is 0.264 e. The molecule has 0 aromatic carbocycles. The number of aryl methyl sites for hydroxylation is 2. The van der Waals surface area contributed by atoms with Crippen LogP contribution >= 0.6 is 0 Å². The van der Waals surface area contributed by atoms with Gasteiger partial charge in [0.15, 0.2) is 0 Å². The van der Waals surface area contributed by atoms with E-state index in [9.17, 15) is 4.79 Å². The highest BCUT2D eigenvalue weighted by Gasteiger charge is 2.23. The van der Waals surface area contributed by atoms with Crippen molar-refractivity contribution in [2.45, 2.75) is 32.9 Å². The molecule has 9 heteroatoms. The van der Waals surface area contributed by atoms with Gasteiger partial charge in [-0.15, -0.1) is 0 Å². The highest BCUT2D eigenvalue weighted by Crippen LogP contribution is 2.29. The fourth-order valence-electron chi connectivity index (χ4n) is 3.97. The Balaban J connectivity index is 1.43. The lowest BCUT2D eigenvalue weighted by Gasteiger charge is -2.33. The van der Waals surface area contributed by atoms with Crippen LogP contribution in [0, 0.1) is 6.92 Å². The normalized spacial score (nSPS) is 15.4. The van der Waals surface area contributed by atoms with Crippen molar-refractivity contribution in [3.05, 3.63) is 65.1 Å². The molecule has 0 N–H and O–H groups in total. The lowest BCUT2D eigenvalue weighted by Crippen LogP contribution is -2.41. The summed E-state index contributed by atoms with van der Waals surface area (Å²) in [7, 11) is 3.83. The Morgan fingerprint density at radius 1 is 1.09 bits per heavy atom. The lowest BCUT2D eigenvalue weighted by atomic mass is 10.1. The average Bonchev–Trinajstić information content (AvgIpc) is 3.25. The van der Waals surface area contributed by atoms with Gasteiger partial charge >= 0.3 is 0 Å². The first-order valence-corrected chi connectivity index (χ1v) is 10.8. The first-order valence-electron chi connectivity index (χ1n) is 10.8. The van der Waals surface area contributed by atoms with Crippen molar-refractivity contribution in [3.63, 3.8) is 0 Å². The predicted molar refractivity (Wildman–Crippen MR) is 125 cm³/mol. The second-order valence-corrected chi connectivity index (χ2v) is 8.34. The minimum Gasteiger partial charge on any atom is -0.455 e. The zero-order chi connectivity index (χ0) is 23.1. The van der Waals surface area contributed by atoms with Gasteiger partial charge in [0.25, 0.3) is 5.56 Å². The Morgan fingerprint density at radius 3 is 2.70 bits per heavy atom. The van der Waals surface area contributed by atoms with Crippen LogP contribution < -0.4 is 15.2 Å². The number of nitrogens with zero attached hydrogens (tertiary/aromatic N) is 7. The minimum atomic E-state index is -0.0745. The van der Waals surface area contributed by atoms with Crippen LogP contribution in [-0.4, -0.2) is 42.4 Å². The molecule has 0 saturated heterocycles. The van der Waals surface area contributed by atoms with E-state index in [4.69, 9.17) is 4.74 Å². The van der Waals surface area contributed by atoms with E-state index in [0.29, 0.717) is 47.0 Å². The predicted octanol–water partition coefficient (Wildman–Crippen LogP) is 3.43. The molecule has 0 spiro atoms.